The third-order valence-corrected chi connectivity index (χ3v) is 5.59. The molecule has 4 aromatic rings. The summed E-state index contributed by atoms with van der Waals surface area (Å²) >= 11 is 0. The number of methoxy groups -OCH3 is 1. The van der Waals surface area contributed by atoms with Crippen LogP contribution in [0.3, 0.4) is 0 Å². The summed E-state index contributed by atoms with van der Waals surface area (Å²) in [5, 5.41) is 5.96. The fourth-order valence-electron chi connectivity index (χ4n) is 3.68. The minimum Gasteiger partial charge on any atom is -0.467 e. The number of carbonyl (C=O) groups is 1. The van der Waals surface area contributed by atoms with Gasteiger partial charge in [0.05, 0.1) is 18.8 Å². The molecular formula is C27H24F3N7O2. The quantitative estimate of drug-likeness (QED) is 0.167. The summed E-state index contributed by atoms with van der Waals surface area (Å²) in [4.78, 5) is 32.8. The molecule has 0 radical (unpaired) electrons. The third kappa shape index (κ3) is 6.53. The molecule has 1 atom stereocenters. The monoisotopic (exact) mass is 535 g/mol. The lowest BCUT2D eigenvalue weighted by atomic mass is 10.0. The van der Waals surface area contributed by atoms with E-state index in [-0.39, 0.29) is 29.1 Å². The van der Waals surface area contributed by atoms with Gasteiger partial charge in [0.15, 0.2) is 6.29 Å². The van der Waals surface area contributed by atoms with Crippen LogP contribution in [0.1, 0.15) is 28.7 Å². The van der Waals surface area contributed by atoms with Gasteiger partial charge in [-0.15, -0.1) is 0 Å². The van der Waals surface area contributed by atoms with E-state index in [2.05, 4.69) is 35.6 Å². The number of aryl methyl sites for hydroxylation is 1. The van der Waals surface area contributed by atoms with Gasteiger partial charge in [0.1, 0.15) is 23.0 Å². The maximum atomic E-state index is 13.7. The SMILES string of the molecule is COc1ncc(-c2cccc(N=C(Nc3ccccc3)C(C)Nc3nc(C)ncc3C(F)(F)F)c2C=O)cn1. The lowest BCUT2D eigenvalue weighted by molar-refractivity contribution is -0.137. The average molecular weight is 536 g/mol. The number of amidine groups is 1. The molecule has 0 bridgehead atoms. The number of hydrogen-bond donors (Lipinski definition) is 2. The fraction of sp³-hybridized carbons (Fsp3) is 0.185. The molecule has 0 aliphatic carbocycles. The Hall–Kier alpha value is -4.87. The van der Waals surface area contributed by atoms with Gasteiger partial charge in [-0.2, -0.15) is 13.2 Å². The largest absolute Gasteiger partial charge is 0.467 e. The molecule has 0 aliphatic rings. The highest BCUT2D eigenvalue weighted by atomic mass is 19.4. The van der Waals surface area contributed by atoms with Crippen molar-refractivity contribution in [1.29, 1.82) is 0 Å². The number of hydrogen-bond acceptors (Lipinski definition) is 8. The standard InChI is InChI=1S/C27H24F3N7O2/c1-16(34-25-22(27(28,29)30)14-31-17(2)35-25)24(36-19-8-5-4-6-9-19)37-23-11-7-10-20(21(23)15-38)18-12-32-26(39-3)33-13-18/h4-16H,1-3H3,(H,36,37)(H,31,34,35). The van der Waals surface area contributed by atoms with Gasteiger partial charge in [-0.3, -0.25) is 4.79 Å². The number of alkyl halides is 3. The molecule has 39 heavy (non-hydrogen) atoms. The number of ether oxygens (including phenoxy) is 1. The van der Waals surface area contributed by atoms with Crippen molar-refractivity contribution in [3.05, 3.63) is 84.1 Å². The van der Waals surface area contributed by atoms with Crippen molar-refractivity contribution >= 4 is 29.3 Å². The summed E-state index contributed by atoms with van der Waals surface area (Å²) in [7, 11) is 1.44. The summed E-state index contributed by atoms with van der Waals surface area (Å²) in [5.74, 6) is 0.0338. The van der Waals surface area contributed by atoms with E-state index < -0.39 is 17.8 Å². The van der Waals surface area contributed by atoms with Crippen LogP contribution in [0.25, 0.3) is 11.1 Å². The van der Waals surface area contributed by atoms with Crippen LogP contribution in [0.2, 0.25) is 0 Å². The summed E-state index contributed by atoms with van der Waals surface area (Å²) in [6.07, 6.45) is -0.231. The fourth-order valence-corrected chi connectivity index (χ4v) is 3.68. The van der Waals surface area contributed by atoms with Gasteiger partial charge >= 0.3 is 12.2 Å². The smallest absolute Gasteiger partial charge is 0.421 e. The molecule has 0 amide bonds. The highest BCUT2D eigenvalue weighted by Gasteiger charge is 2.35. The van der Waals surface area contributed by atoms with E-state index in [4.69, 9.17) is 4.74 Å². The number of aromatic nitrogens is 4. The lowest BCUT2D eigenvalue weighted by Gasteiger charge is -2.21. The number of nitrogens with zero attached hydrogens (tertiary/aromatic N) is 5. The molecule has 0 fully saturated rings. The summed E-state index contributed by atoms with van der Waals surface area (Å²) < 4.78 is 46.0. The van der Waals surface area contributed by atoms with E-state index in [1.54, 1.807) is 49.4 Å². The molecule has 200 valence electrons. The van der Waals surface area contributed by atoms with Crippen molar-refractivity contribution in [1.82, 2.24) is 19.9 Å². The number of para-hydroxylation sites is 1. The van der Waals surface area contributed by atoms with Gasteiger partial charge in [0.2, 0.25) is 0 Å². The van der Waals surface area contributed by atoms with Gasteiger partial charge in [0, 0.05) is 35.4 Å². The zero-order chi connectivity index (χ0) is 28.0. The molecule has 2 heterocycles. The third-order valence-electron chi connectivity index (χ3n) is 5.59. The zero-order valence-electron chi connectivity index (χ0n) is 21.2. The van der Waals surface area contributed by atoms with Crippen LogP contribution in [0.4, 0.5) is 30.4 Å². The van der Waals surface area contributed by atoms with Crippen molar-refractivity contribution < 1.29 is 22.7 Å². The molecule has 4 rings (SSSR count). The van der Waals surface area contributed by atoms with Crippen LogP contribution >= 0.6 is 0 Å². The second kappa shape index (κ2) is 11.7. The molecule has 1 unspecified atom stereocenters. The lowest BCUT2D eigenvalue weighted by Crippen LogP contribution is -2.33. The molecule has 2 N–H and O–H groups in total. The Balaban J connectivity index is 1.78. The predicted octanol–water partition coefficient (Wildman–Crippen LogP) is 5.72. The number of aldehydes is 1. The number of halogens is 3. The molecule has 2 aromatic carbocycles. The topological polar surface area (TPSA) is 114 Å². The normalized spacial score (nSPS) is 12.5. The maximum Gasteiger partial charge on any atom is 0.421 e. The molecule has 0 spiro atoms. The molecule has 0 saturated heterocycles. The number of benzene rings is 2. The first kappa shape index (κ1) is 27.2. The maximum absolute atomic E-state index is 13.7. The van der Waals surface area contributed by atoms with Gasteiger partial charge in [-0.05, 0) is 37.6 Å². The Kier molecular flexibility index (Phi) is 8.13. The van der Waals surface area contributed by atoms with Crippen molar-refractivity contribution in [2.45, 2.75) is 26.1 Å². The summed E-state index contributed by atoms with van der Waals surface area (Å²) in [5.41, 5.74) is 1.27. The number of rotatable bonds is 8. The highest BCUT2D eigenvalue weighted by molar-refractivity contribution is 6.04. The predicted molar refractivity (Wildman–Crippen MR) is 141 cm³/mol. The van der Waals surface area contributed by atoms with Crippen LogP contribution in [0, 0.1) is 6.92 Å². The minimum atomic E-state index is -4.67. The molecule has 2 aromatic heterocycles. The van der Waals surface area contributed by atoms with E-state index in [1.165, 1.54) is 26.4 Å². The second-order valence-electron chi connectivity index (χ2n) is 8.35. The van der Waals surface area contributed by atoms with E-state index >= 15 is 0 Å². The number of aliphatic imine (C=N–C) groups is 1. The molecular weight excluding hydrogens is 511 g/mol. The first-order valence-electron chi connectivity index (χ1n) is 11.7. The highest BCUT2D eigenvalue weighted by Crippen LogP contribution is 2.34. The van der Waals surface area contributed by atoms with E-state index in [0.717, 1.165) is 6.20 Å². The van der Waals surface area contributed by atoms with Gasteiger partial charge < -0.3 is 15.4 Å². The van der Waals surface area contributed by atoms with Gasteiger partial charge in [-0.1, -0.05) is 30.3 Å². The van der Waals surface area contributed by atoms with Crippen LogP contribution in [0.15, 0.2) is 72.1 Å². The number of carbonyl (C=O) groups excluding carboxylic acids is 1. The van der Waals surface area contributed by atoms with Crippen LogP contribution in [0.5, 0.6) is 6.01 Å². The number of anilines is 2. The van der Waals surface area contributed by atoms with Gasteiger partial charge in [0.25, 0.3) is 0 Å². The van der Waals surface area contributed by atoms with Crippen LogP contribution in [-0.2, 0) is 6.18 Å². The van der Waals surface area contributed by atoms with Crippen molar-refractivity contribution in [2.24, 2.45) is 4.99 Å². The minimum absolute atomic E-state index is 0.171. The van der Waals surface area contributed by atoms with E-state index in [1.807, 2.05) is 6.07 Å². The van der Waals surface area contributed by atoms with Crippen LogP contribution in [-0.4, -0.2) is 45.2 Å². The Morgan fingerprint density at radius 2 is 1.74 bits per heavy atom. The zero-order valence-corrected chi connectivity index (χ0v) is 21.2. The summed E-state index contributed by atoms with van der Waals surface area (Å²) in [6, 6.07) is 13.4. The first-order valence-corrected chi connectivity index (χ1v) is 11.7. The Labute approximate surface area is 222 Å². The van der Waals surface area contributed by atoms with Crippen molar-refractivity contribution in [3.63, 3.8) is 0 Å². The van der Waals surface area contributed by atoms with Gasteiger partial charge in [-0.25, -0.2) is 24.9 Å². The molecule has 9 nitrogen and oxygen atoms in total. The molecule has 12 heteroatoms. The van der Waals surface area contributed by atoms with E-state index in [0.29, 0.717) is 28.8 Å². The first-order chi connectivity index (χ1) is 18.7. The average Bonchev–Trinajstić information content (AvgIpc) is 2.92. The summed E-state index contributed by atoms with van der Waals surface area (Å²) in [6.45, 7) is 3.13. The van der Waals surface area contributed by atoms with Crippen molar-refractivity contribution in [3.8, 4) is 17.1 Å². The van der Waals surface area contributed by atoms with Crippen LogP contribution < -0.4 is 15.4 Å². The molecule has 0 aliphatic heterocycles. The second-order valence-corrected chi connectivity index (χ2v) is 8.35. The molecule has 0 saturated carbocycles. The van der Waals surface area contributed by atoms with E-state index in [9.17, 15) is 18.0 Å². The Bertz CT molecular complexity index is 1480. The van der Waals surface area contributed by atoms with Crippen molar-refractivity contribution in [2.75, 3.05) is 17.7 Å². The Morgan fingerprint density at radius 3 is 2.38 bits per heavy atom. The Morgan fingerprint density at radius 1 is 1.03 bits per heavy atom. The number of nitrogens with one attached hydrogen (secondary N) is 2.